The molecule has 0 bridgehead atoms. The zero-order chi connectivity index (χ0) is 22.0. The molecule has 0 saturated carbocycles. The Hall–Kier alpha value is -2.87. The van der Waals surface area contributed by atoms with Gasteiger partial charge in [-0.25, -0.2) is 4.39 Å². The molecule has 0 N–H and O–H groups in total. The van der Waals surface area contributed by atoms with Gasteiger partial charge in [-0.1, -0.05) is 11.6 Å². The lowest BCUT2D eigenvalue weighted by atomic mass is 9.94. The van der Waals surface area contributed by atoms with Gasteiger partial charge in [-0.3, -0.25) is 14.4 Å². The highest BCUT2D eigenvalue weighted by Crippen LogP contribution is 2.23. The van der Waals surface area contributed by atoms with Gasteiger partial charge < -0.3 is 19.1 Å². The summed E-state index contributed by atoms with van der Waals surface area (Å²) in [5.74, 6) is -0.656. The molecule has 2 aliphatic heterocycles. The lowest BCUT2D eigenvalue weighted by molar-refractivity contribution is -0.138. The van der Waals surface area contributed by atoms with Crippen LogP contribution in [0.1, 0.15) is 33.8 Å². The number of rotatable bonds is 3. The van der Waals surface area contributed by atoms with Crippen molar-refractivity contribution in [3.63, 3.8) is 0 Å². The molecule has 1 aromatic heterocycles. The molecule has 0 atom stereocenters. The quantitative estimate of drug-likeness (QED) is 0.725. The van der Waals surface area contributed by atoms with E-state index >= 15 is 0 Å². The molecule has 3 amide bonds. The highest BCUT2D eigenvalue weighted by atomic mass is 35.5. The molecule has 2 fully saturated rings. The second-order valence-electron chi connectivity index (χ2n) is 7.79. The van der Waals surface area contributed by atoms with Crippen LogP contribution in [0, 0.1) is 11.7 Å². The van der Waals surface area contributed by atoms with Gasteiger partial charge in [0.25, 0.3) is 11.8 Å². The van der Waals surface area contributed by atoms with E-state index in [0.29, 0.717) is 57.9 Å². The molecule has 4 rings (SSSR count). The molecule has 7 nitrogen and oxygen atoms in total. The van der Waals surface area contributed by atoms with E-state index in [2.05, 4.69) is 0 Å². The lowest BCUT2D eigenvalue weighted by Gasteiger charge is -2.38. The zero-order valence-corrected chi connectivity index (χ0v) is 17.7. The van der Waals surface area contributed by atoms with Gasteiger partial charge in [-0.05, 0) is 43.2 Å². The van der Waals surface area contributed by atoms with Crippen LogP contribution in [0.2, 0.25) is 5.02 Å². The summed E-state index contributed by atoms with van der Waals surface area (Å²) in [6, 6.07) is 7.03. The Kier molecular flexibility index (Phi) is 6.27. The van der Waals surface area contributed by atoms with Crippen LogP contribution in [0.5, 0.6) is 0 Å². The number of nitrogens with zero attached hydrogens (tertiary/aromatic N) is 3. The SMILES string of the molecule is O=C(c1ccco1)N1CCC(C(=O)N2CCN(C(=O)c3ccc(F)cc3Cl)CC2)CC1. The fraction of sp³-hybridized carbons (Fsp3) is 0.409. The Labute approximate surface area is 184 Å². The molecule has 0 spiro atoms. The first-order valence-corrected chi connectivity index (χ1v) is 10.7. The number of carbonyl (C=O) groups is 3. The highest BCUT2D eigenvalue weighted by molar-refractivity contribution is 6.33. The van der Waals surface area contributed by atoms with Gasteiger partial charge in [0.1, 0.15) is 5.82 Å². The van der Waals surface area contributed by atoms with Crippen molar-refractivity contribution < 1.29 is 23.2 Å². The first kappa shape index (κ1) is 21.4. The summed E-state index contributed by atoms with van der Waals surface area (Å²) in [6.45, 7) is 2.70. The normalized spacial score (nSPS) is 17.7. The monoisotopic (exact) mass is 447 g/mol. The lowest BCUT2D eigenvalue weighted by Crippen LogP contribution is -2.53. The smallest absolute Gasteiger partial charge is 0.289 e. The standard InChI is InChI=1S/C22H23ClFN3O4/c23-18-14-16(24)3-4-17(18)21(29)27-11-9-26(10-12-27)20(28)15-5-7-25(8-6-15)22(30)19-2-1-13-31-19/h1-4,13-15H,5-12H2. The summed E-state index contributed by atoms with van der Waals surface area (Å²) < 4.78 is 18.4. The largest absolute Gasteiger partial charge is 0.459 e. The highest BCUT2D eigenvalue weighted by Gasteiger charge is 2.33. The maximum Gasteiger partial charge on any atom is 0.289 e. The first-order valence-electron chi connectivity index (χ1n) is 10.3. The number of hydrogen-bond donors (Lipinski definition) is 0. The Morgan fingerprint density at radius 2 is 1.55 bits per heavy atom. The summed E-state index contributed by atoms with van der Waals surface area (Å²) in [7, 11) is 0. The third kappa shape index (κ3) is 4.58. The Bertz CT molecular complexity index is 965. The minimum absolute atomic E-state index is 0.0667. The number of hydrogen-bond acceptors (Lipinski definition) is 4. The number of likely N-dealkylation sites (tertiary alicyclic amines) is 1. The van der Waals surface area contributed by atoms with Crippen molar-refractivity contribution >= 4 is 29.3 Å². The van der Waals surface area contributed by atoms with Crippen LogP contribution >= 0.6 is 11.6 Å². The summed E-state index contributed by atoms with van der Waals surface area (Å²) in [6.07, 6.45) is 2.68. The van der Waals surface area contributed by atoms with E-state index in [0.717, 1.165) is 6.07 Å². The van der Waals surface area contributed by atoms with Crippen LogP contribution in [0.4, 0.5) is 4.39 Å². The van der Waals surface area contributed by atoms with Crippen molar-refractivity contribution in [2.75, 3.05) is 39.3 Å². The molecule has 164 valence electrons. The van der Waals surface area contributed by atoms with Gasteiger partial charge in [-0.15, -0.1) is 0 Å². The number of furan rings is 1. The minimum atomic E-state index is -0.492. The van der Waals surface area contributed by atoms with Crippen LogP contribution in [-0.2, 0) is 4.79 Å². The third-order valence-corrected chi connectivity index (χ3v) is 6.22. The molecule has 2 aromatic rings. The molecule has 1 aromatic carbocycles. The summed E-state index contributed by atoms with van der Waals surface area (Å²) in [4.78, 5) is 43.1. The maximum absolute atomic E-state index is 13.2. The van der Waals surface area contributed by atoms with E-state index in [1.54, 1.807) is 26.8 Å². The van der Waals surface area contributed by atoms with Gasteiger partial charge in [0.15, 0.2) is 5.76 Å². The van der Waals surface area contributed by atoms with Crippen molar-refractivity contribution in [3.05, 3.63) is 58.8 Å². The average Bonchev–Trinajstić information content (AvgIpc) is 3.33. The fourth-order valence-corrected chi connectivity index (χ4v) is 4.36. The Morgan fingerprint density at radius 1 is 0.903 bits per heavy atom. The number of halogens is 2. The summed E-state index contributed by atoms with van der Waals surface area (Å²) in [5, 5.41) is 0.0827. The number of piperazine rings is 1. The molecule has 2 saturated heterocycles. The number of benzene rings is 1. The molecule has 9 heteroatoms. The van der Waals surface area contributed by atoms with Gasteiger partial charge >= 0.3 is 0 Å². The van der Waals surface area contributed by atoms with E-state index in [9.17, 15) is 18.8 Å². The molecule has 3 heterocycles. The van der Waals surface area contributed by atoms with E-state index < -0.39 is 5.82 Å². The molecule has 0 radical (unpaired) electrons. The number of piperidine rings is 1. The van der Waals surface area contributed by atoms with Gasteiger partial charge in [0.2, 0.25) is 5.91 Å². The van der Waals surface area contributed by atoms with Crippen molar-refractivity contribution in [3.8, 4) is 0 Å². The van der Waals surface area contributed by atoms with E-state index in [1.807, 2.05) is 0 Å². The second kappa shape index (κ2) is 9.09. The summed E-state index contributed by atoms with van der Waals surface area (Å²) in [5.41, 5.74) is 0.261. The van der Waals surface area contributed by atoms with Crippen LogP contribution in [0.3, 0.4) is 0 Å². The van der Waals surface area contributed by atoms with Gasteiger partial charge in [0, 0.05) is 45.2 Å². The van der Waals surface area contributed by atoms with Crippen molar-refractivity contribution in [2.45, 2.75) is 12.8 Å². The Morgan fingerprint density at radius 3 is 2.16 bits per heavy atom. The molecular weight excluding hydrogens is 425 g/mol. The fourth-order valence-electron chi connectivity index (χ4n) is 4.11. The Balaban J connectivity index is 1.28. The first-order chi connectivity index (χ1) is 14.9. The van der Waals surface area contributed by atoms with Crippen LogP contribution in [-0.4, -0.2) is 71.7 Å². The molecule has 31 heavy (non-hydrogen) atoms. The molecule has 0 unspecified atom stereocenters. The van der Waals surface area contributed by atoms with Crippen molar-refractivity contribution in [1.82, 2.24) is 14.7 Å². The van der Waals surface area contributed by atoms with E-state index in [-0.39, 0.29) is 34.2 Å². The third-order valence-electron chi connectivity index (χ3n) is 5.90. The number of carbonyl (C=O) groups excluding carboxylic acids is 3. The van der Waals surface area contributed by atoms with Crippen LogP contribution in [0.25, 0.3) is 0 Å². The molecule has 0 aliphatic carbocycles. The maximum atomic E-state index is 13.2. The van der Waals surface area contributed by atoms with E-state index in [1.165, 1.54) is 18.4 Å². The van der Waals surface area contributed by atoms with Crippen molar-refractivity contribution in [2.24, 2.45) is 5.92 Å². The number of amides is 3. The van der Waals surface area contributed by atoms with E-state index in [4.69, 9.17) is 16.0 Å². The predicted octanol–water partition coefficient (Wildman–Crippen LogP) is 2.91. The topological polar surface area (TPSA) is 74.1 Å². The van der Waals surface area contributed by atoms with Gasteiger partial charge in [0.05, 0.1) is 16.8 Å². The summed E-state index contributed by atoms with van der Waals surface area (Å²) >= 11 is 6.01. The zero-order valence-electron chi connectivity index (χ0n) is 16.9. The second-order valence-corrected chi connectivity index (χ2v) is 8.19. The molecule has 2 aliphatic rings. The minimum Gasteiger partial charge on any atom is -0.459 e. The average molecular weight is 448 g/mol. The van der Waals surface area contributed by atoms with Crippen LogP contribution in [0.15, 0.2) is 41.0 Å². The van der Waals surface area contributed by atoms with Crippen LogP contribution < -0.4 is 0 Å². The molecular formula is C22H23ClFN3O4. The van der Waals surface area contributed by atoms with Gasteiger partial charge in [-0.2, -0.15) is 0 Å². The predicted molar refractivity (Wildman–Crippen MR) is 111 cm³/mol. The van der Waals surface area contributed by atoms with Crippen molar-refractivity contribution in [1.29, 1.82) is 0 Å².